The second-order valence-corrected chi connectivity index (χ2v) is 4.22. The minimum atomic E-state index is -0.281. The highest BCUT2D eigenvalue weighted by molar-refractivity contribution is 9.10. The molecule has 0 bridgehead atoms. The summed E-state index contributed by atoms with van der Waals surface area (Å²) in [5.41, 5.74) is 1.48. The molecule has 1 rings (SSSR count). The maximum atomic E-state index is 13.4. The van der Waals surface area contributed by atoms with Crippen LogP contribution < -0.4 is 5.32 Å². The Balaban J connectivity index is 2.80. The van der Waals surface area contributed by atoms with Gasteiger partial charge >= 0.3 is 0 Å². The third-order valence-electron chi connectivity index (χ3n) is 2.07. The summed E-state index contributed by atoms with van der Waals surface area (Å²) >= 11 is 3.33. The first-order valence-corrected chi connectivity index (χ1v) is 5.67. The van der Waals surface area contributed by atoms with Gasteiger partial charge in [-0.25, -0.2) is 4.39 Å². The molecule has 2 nitrogen and oxygen atoms in total. The van der Waals surface area contributed by atoms with E-state index in [0.717, 1.165) is 10.0 Å². The van der Waals surface area contributed by atoms with Crippen molar-refractivity contribution >= 4 is 27.9 Å². The first-order chi connectivity index (χ1) is 7.52. The Kier molecular flexibility index (Phi) is 4.68. The summed E-state index contributed by atoms with van der Waals surface area (Å²) in [4.78, 5) is 10.6. The van der Waals surface area contributed by atoms with Crippen molar-refractivity contribution in [2.75, 3.05) is 6.54 Å². The lowest BCUT2D eigenvalue weighted by Gasteiger charge is -2.04. The molecule has 1 aromatic rings. The van der Waals surface area contributed by atoms with Crippen molar-refractivity contribution < 1.29 is 9.18 Å². The fraction of sp³-hybridized carbons (Fsp3) is 0.250. The molecule has 0 saturated heterocycles. The number of carbonyl (C=O) groups is 1. The first kappa shape index (κ1) is 12.9. The predicted molar refractivity (Wildman–Crippen MR) is 66.6 cm³/mol. The summed E-state index contributed by atoms with van der Waals surface area (Å²) in [6.45, 7) is 3.74. The number of halogens is 2. The van der Waals surface area contributed by atoms with Gasteiger partial charge in [-0.2, -0.15) is 0 Å². The predicted octanol–water partition coefficient (Wildman–Crippen LogP) is 3.05. The van der Waals surface area contributed by atoms with E-state index in [1.54, 1.807) is 18.2 Å². The van der Waals surface area contributed by atoms with Crippen molar-refractivity contribution in [1.29, 1.82) is 0 Å². The number of carbonyl (C=O) groups excluding carboxylic acids is 1. The molecule has 0 aliphatic carbocycles. The molecule has 16 heavy (non-hydrogen) atoms. The number of aryl methyl sites for hydroxylation is 1. The molecular weight excluding hydrogens is 273 g/mol. The molecule has 86 valence electrons. The van der Waals surface area contributed by atoms with Crippen LogP contribution in [-0.4, -0.2) is 12.5 Å². The Hall–Kier alpha value is -1.16. The summed E-state index contributed by atoms with van der Waals surface area (Å²) in [7, 11) is 0. The van der Waals surface area contributed by atoms with Gasteiger partial charge in [0.25, 0.3) is 0 Å². The van der Waals surface area contributed by atoms with Gasteiger partial charge in [0.1, 0.15) is 5.82 Å². The van der Waals surface area contributed by atoms with E-state index < -0.39 is 0 Å². The van der Waals surface area contributed by atoms with Gasteiger partial charge in [0.15, 0.2) is 0 Å². The van der Waals surface area contributed by atoms with E-state index in [-0.39, 0.29) is 11.7 Å². The molecule has 0 radical (unpaired) electrons. The molecule has 1 aromatic carbocycles. The van der Waals surface area contributed by atoms with Crippen LogP contribution in [-0.2, 0) is 4.79 Å². The van der Waals surface area contributed by atoms with Crippen molar-refractivity contribution in [2.24, 2.45) is 0 Å². The molecule has 0 aromatic heterocycles. The van der Waals surface area contributed by atoms with Gasteiger partial charge in [-0.05, 0) is 34.5 Å². The molecule has 0 aliphatic rings. The van der Waals surface area contributed by atoms with Gasteiger partial charge in [-0.15, -0.1) is 0 Å². The summed E-state index contributed by atoms with van der Waals surface area (Å²) in [6, 6.07) is 3.14. The SMILES string of the molecule is CC(=O)NCC=Cc1c(F)ccc(C)c1Br. The highest BCUT2D eigenvalue weighted by Crippen LogP contribution is 2.24. The monoisotopic (exact) mass is 285 g/mol. The molecule has 0 fully saturated rings. The van der Waals surface area contributed by atoms with Gasteiger partial charge in [0.05, 0.1) is 0 Å². The second-order valence-electron chi connectivity index (χ2n) is 3.43. The summed E-state index contributed by atoms with van der Waals surface area (Å²) in [5, 5.41) is 2.61. The average Bonchev–Trinajstić information content (AvgIpc) is 2.22. The quantitative estimate of drug-likeness (QED) is 0.909. The third-order valence-corrected chi connectivity index (χ3v) is 3.13. The summed E-state index contributed by atoms with van der Waals surface area (Å²) < 4.78 is 14.2. The van der Waals surface area contributed by atoms with Gasteiger partial charge in [-0.3, -0.25) is 4.79 Å². The van der Waals surface area contributed by atoms with Crippen LogP contribution in [0.15, 0.2) is 22.7 Å². The van der Waals surface area contributed by atoms with E-state index in [9.17, 15) is 9.18 Å². The molecule has 0 saturated carbocycles. The number of rotatable bonds is 3. The number of amides is 1. The normalized spacial score (nSPS) is 10.8. The van der Waals surface area contributed by atoms with Crippen molar-refractivity contribution in [3.8, 4) is 0 Å². The maximum absolute atomic E-state index is 13.4. The van der Waals surface area contributed by atoms with Crippen LogP contribution in [0.4, 0.5) is 4.39 Å². The van der Waals surface area contributed by atoms with E-state index in [1.807, 2.05) is 6.92 Å². The highest BCUT2D eigenvalue weighted by Gasteiger charge is 2.05. The van der Waals surface area contributed by atoms with Crippen molar-refractivity contribution in [3.05, 3.63) is 39.6 Å². The molecule has 0 heterocycles. The van der Waals surface area contributed by atoms with Gasteiger partial charge in [-0.1, -0.05) is 18.2 Å². The summed E-state index contributed by atoms with van der Waals surface area (Å²) in [5.74, 6) is -0.384. The van der Waals surface area contributed by atoms with E-state index >= 15 is 0 Å². The van der Waals surface area contributed by atoms with E-state index in [1.165, 1.54) is 13.0 Å². The molecule has 1 amide bonds. The van der Waals surface area contributed by atoms with Crippen LogP contribution in [0.3, 0.4) is 0 Å². The number of benzene rings is 1. The Labute approximate surface area is 103 Å². The average molecular weight is 286 g/mol. The zero-order chi connectivity index (χ0) is 12.1. The lowest BCUT2D eigenvalue weighted by molar-refractivity contribution is -0.118. The summed E-state index contributed by atoms with van der Waals surface area (Å²) in [6.07, 6.45) is 3.37. The van der Waals surface area contributed by atoms with Crippen LogP contribution in [0.25, 0.3) is 6.08 Å². The van der Waals surface area contributed by atoms with E-state index in [0.29, 0.717) is 12.1 Å². The van der Waals surface area contributed by atoms with E-state index in [2.05, 4.69) is 21.2 Å². The Morgan fingerprint density at radius 3 is 2.88 bits per heavy atom. The lowest BCUT2D eigenvalue weighted by atomic mass is 10.1. The van der Waals surface area contributed by atoms with Crippen LogP contribution in [0.2, 0.25) is 0 Å². The number of nitrogens with one attached hydrogen (secondary N) is 1. The lowest BCUT2D eigenvalue weighted by Crippen LogP contribution is -2.19. The fourth-order valence-electron chi connectivity index (χ4n) is 1.21. The molecular formula is C12H13BrFNO. The zero-order valence-corrected chi connectivity index (χ0v) is 10.8. The Morgan fingerprint density at radius 2 is 2.25 bits per heavy atom. The van der Waals surface area contributed by atoms with Crippen LogP contribution in [0.5, 0.6) is 0 Å². The van der Waals surface area contributed by atoms with Gasteiger partial charge in [0.2, 0.25) is 5.91 Å². The molecule has 0 atom stereocenters. The highest BCUT2D eigenvalue weighted by atomic mass is 79.9. The van der Waals surface area contributed by atoms with Crippen LogP contribution in [0, 0.1) is 12.7 Å². The molecule has 0 aliphatic heterocycles. The van der Waals surface area contributed by atoms with Crippen molar-refractivity contribution in [2.45, 2.75) is 13.8 Å². The molecule has 0 spiro atoms. The molecule has 1 N–H and O–H groups in total. The van der Waals surface area contributed by atoms with Gasteiger partial charge in [0, 0.05) is 23.5 Å². The third kappa shape index (κ3) is 3.45. The Bertz CT molecular complexity index is 429. The minimum Gasteiger partial charge on any atom is -0.353 e. The Morgan fingerprint density at radius 1 is 1.56 bits per heavy atom. The minimum absolute atomic E-state index is 0.103. The second kappa shape index (κ2) is 5.80. The number of hydrogen-bond donors (Lipinski definition) is 1. The zero-order valence-electron chi connectivity index (χ0n) is 9.18. The van der Waals surface area contributed by atoms with Crippen LogP contribution >= 0.6 is 15.9 Å². The number of hydrogen-bond acceptors (Lipinski definition) is 1. The maximum Gasteiger partial charge on any atom is 0.217 e. The molecule has 4 heteroatoms. The van der Waals surface area contributed by atoms with Crippen molar-refractivity contribution in [3.63, 3.8) is 0 Å². The van der Waals surface area contributed by atoms with Crippen LogP contribution in [0.1, 0.15) is 18.1 Å². The fourth-order valence-corrected chi connectivity index (χ4v) is 1.66. The first-order valence-electron chi connectivity index (χ1n) is 4.88. The standard InChI is InChI=1S/C12H13BrFNO/c1-8-5-6-11(14)10(12(8)13)4-3-7-15-9(2)16/h3-6H,7H2,1-2H3,(H,15,16). The topological polar surface area (TPSA) is 29.1 Å². The van der Waals surface area contributed by atoms with E-state index in [4.69, 9.17) is 0 Å². The van der Waals surface area contributed by atoms with Gasteiger partial charge < -0.3 is 5.32 Å². The van der Waals surface area contributed by atoms with Crippen molar-refractivity contribution in [1.82, 2.24) is 5.32 Å². The molecule has 0 unspecified atom stereocenters. The smallest absolute Gasteiger partial charge is 0.217 e. The largest absolute Gasteiger partial charge is 0.353 e.